The first-order valence-corrected chi connectivity index (χ1v) is 7.00. The van der Waals surface area contributed by atoms with Gasteiger partial charge < -0.3 is 0 Å². The number of halogens is 1. The molecule has 2 rings (SSSR count). The maximum atomic E-state index is 13.5. The lowest BCUT2D eigenvalue weighted by Crippen LogP contribution is -2.40. The first-order valence-electron chi connectivity index (χ1n) is 5.56. The SMILES string of the molecule is N#CC1CCCN(S(=O)(=O)c2ncccc2F)C1. The number of aromatic nitrogens is 1. The zero-order valence-electron chi connectivity index (χ0n) is 9.58. The number of piperidine rings is 1. The monoisotopic (exact) mass is 269 g/mol. The Morgan fingerprint density at radius 1 is 1.56 bits per heavy atom. The van der Waals surface area contributed by atoms with Gasteiger partial charge in [-0.05, 0) is 25.0 Å². The largest absolute Gasteiger partial charge is 0.263 e. The smallest absolute Gasteiger partial charge is 0.241 e. The zero-order chi connectivity index (χ0) is 13.2. The number of hydrogen-bond acceptors (Lipinski definition) is 4. The van der Waals surface area contributed by atoms with Crippen molar-refractivity contribution in [2.24, 2.45) is 5.92 Å². The summed E-state index contributed by atoms with van der Waals surface area (Å²) in [7, 11) is -3.94. The number of nitriles is 1. The van der Waals surface area contributed by atoms with Crippen LogP contribution in [0, 0.1) is 23.1 Å². The van der Waals surface area contributed by atoms with Crippen LogP contribution in [0.2, 0.25) is 0 Å². The van der Waals surface area contributed by atoms with Crippen LogP contribution in [0.25, 0.3) is 0 Å². The maximum Gasteiger partial charge on any atom is 0.263 e. The molecule has 1 aromatic heterocycles. The Balaban J connectivity index is 2.32. The van der Waals surface area contributed by atoms with Crippen LogP contribution in [-0.4, -0.2) is 30.8 Å². The molecule has 0 saturated carbocycles. The summed E-state index contributed by atoms with van der Waals surface area (Å²) < 4.78 is 39.0. The van der Waals surface area contributed by atoms with E-state index in [0.29, 0.717) is 19.4 Å². The minimum atomic E-state index is -3.94. The molecule has 0 bridgehead atoms. The summed E-state index contributed by atoms with van der Waals surface area (Å²) in [5.74, 6) is -1.20. The van der Waals surface area contributed by atoms with Gasteiger partial charge in [0.1, 0.15) is 0 Å². The van der Waals surface area contributed by atoms with E-state index >= 15 is 0 Å². The van der Waals surface area contributed by atoms with E-state index < -0.39 is 20.9 Å². The Morgan fingerprint density at radius 2 is 2.33 bits per heavy atom. The fraction of sp³-hybridized carbons (Fsp3) is 0.455. The van der Waals surface area contributed by atoms with Gasteiger partial charge in [-0.15, -0.1) is 0 Å². The summed E-state index contributed by atoms with van der Waals surface area (Å²) in [6.45, 7) is 0.408. The third kappa shape index (κ3) is 2.35. The van der Waals surface area contributed by atoms with Gasteiger partial charge >= 0.3 is 0 Å². The lowest BCUT2D eigenvalue weighted by Gasteiger charge is -2.28. The van der Waals surface area contributed by atoms with Crippen LogP contribution in [0.3, 0.4) is 0 Å². The van der Waals surface area contributed by atoms with Crippen LogP contribution >= 0.6 is 0 Å². The van der Waals surface area contributed by atoms with E-state index in [-0.39, 0.29) is 12.5 Å². The average Bonchev–Trinajstić information content (AvgIpc) is 2.39. The predicted molar refractivity (Wildman–Crippen MR) is 61.3 cm³/mol. The van der Waals surface area contributed by atoms with Gasteiger partial charge in [-0.1, -0.05) is 0 Å². The van der Waals surface area contributed by atoms with Crippen molar-refractivity contribution in [2.45, 2.75) is 17.9 Å². The van der Waals surface area contributed by atoms with Crippen LogP contribution in [0.15, 0.2) is 23.4 Å². The third-order valence-corrected chi connectivity index (χ3v) is 4.68. The quantitative estimate of drug-likeness (QED) is 0.807. The molecule has 0 radical (unpaired) electrons. The molecular formula is C11H12FN3O2S. The van der Waals surface area contributed by atoms with Crippen molar-refractivity contribution in [3.63, 3.8) is 0 Å². The lowest BCUT2D eigenvalue weighted by molar-refractivity contribution is 0.303. The van der Waals surface area contributed by atoms with Gasteiger partial charge in [0.2, 0.25) is 5.03 Å². The fourth-order valence-electron chi connectivity index (χ4n) is 1.95. The molecule has 1 aliphatic rings. The Labute approximate surface area is 105 Å². The molecule has 0 spiro atoms. The summed E-state index contributed by atoms with van der Waals surface area (Å²) in [6.07, 6.45) is 2.51. The molecule has 1 aliphatic heterocycles. The first kappa shape index (κ1) is 12.9. The van der Waals surface area contributed by atoms with Crippen LogP contribution in [-0.2, 0) is 10.0 Å². The molecule has 1 aromatic rings. The highest BCUT2D eigenvalue weighted by Gasteiger charge is 2.32. The normalized spacial score (nSPS) is 21.4. The second-order valence-corrected chi connectivity index (χ2v) is 5.97. The second-order valence-electron chi connectivity index (χ2n) is 4.12. The van der Waals surface area contributed by atoms with E-state index in [2.05, 4.69) is 11.1 Å². The van der Waals surface area contributed by atoms with Gasteiger partial charge in [0, 0.05) is 19.3 Å². The van der Waals surface area contributed by atoms with E-state index in [4.69, 9.17) is 5.26 Å². The van der Waals surface area contributed by atoms with Crippen LogP contribution in [0.5, 0.6) is 0 Å². The molecule has 0 aliphatic carbocycles. The van der Waals surface area contributed by atoms with Crippen molar-refractivity contribution in [2.75, 3.05) is 13.1 Å². The first-order chi connectivity index (χ1) is 8.55. The highest BCUT2D eigenvalue weighted by Crippen LogP contribution is 2.23. The highest BCUT2D eigenvalue weighted by atomic mass is 32.2. The van der Waals surface area contributed by atoms with E-state index in [9.17, 15) is 12.8 Å². The van der Waals surface area contributed by atoms with E-state index in [1.165, 1.54) is 12.3 Å². The molecule has 96 valence electrons. The third-order valence-electron chi connectivity index (χ3n) is 2.88. The number of sulfonamides is 1. The molecule has 1 saturated heterocycles. The zero-order valence-corrected chi connectivity index (χ0v) is 10.4. The van der Waals surface area contributed by atoms with Gasteiger partial charge in [-0.2, -0.15) is 9.57 Å². The maximum absolute atomic E-state index is 13.5. The molecule has 7 heteroatoms. The summed E-state index contributed by atoms with van der Waals surface area (Å²) in [6, 6.07) is 4.45. The number of hydrogen-bond donors (Lipinski definition) is 0. The van der Waals surface area contributed by atoms with Gasteiger partial charge in [0.15, 0.2) is 5.82 Å². The van der Waals surface area contributed by atoms with Crippen LogP contribution in [0.1, 0.15) is 12.8 Å². The minimum absolute atomic E-state index is 0.106. The molecule has 18 heavy (non-hydrogen) atoms. The summed E-state index contributed by atoms with van der Waals surface area (Å²) >= 11 is 0. The number of nitrogens with zero attached hydrogens (tertiary/aromatic N) is 3. The summed E-state index contributed by atoms with van der Waals surface area (Å²) in [5, 5.41) is 8.27. The Bertz CT molecular complexity index is 582. The molecule has 1 atom stereocenters. The van der Waals surface area contributed by atoms with E-state index in [1.54, 1.807) is 0 Å². The van der Waals surface area contributed by atoms with Crippen molar-refractivity contribution < 1.29 is 12.8 Å². The second kappa shape index (κ2) is 5.00. The number of pyridine rings is 1. The van der Waals surface area contributed by atoms with Crippen molar-refractivity contribution in [1.82, 2.24) is 9.29 Å². The van der Waals surface area contributed by atoms with Crippen molar-refractivity contribution in [3.8, 4) is 6.07 Å². The lowest BCUT2D eigenvalue weighted by atomic mass is 10.0. The van der Waals surface area contributed by atoms with Gasteiger partial charge in [0.05, 0.1) is 12.0 Å². The molecule has 0 amide bonds. The molecule has 0 N–H and O–H groups in total. The van der Waals surface area contributed by atoms with Crippen molar-refractivity contribution in [3.05, 3.63) is 24.1 Å². The fourth-order valence-corrected chi connectivity index (χ4v) is 3.45. The standard InChI is InChI=1S/C11H12FN3O2S/c12-10-4-1-5-14-11(10)18(16,17)15-6-2-3-9(7-13)8-15/h1,4-5,9H,2-3,6,8H2. The summed E-state index contributed by atoms with van der Waals surface area (Å²) in [5.41, 5.74) is 0. The Hall–Kier alpha value is -1.52. The molecule has 0 aromatic carbocycles. The molecule has 1 unspecified atom stereocenters. The van der Waals surface area contributed by atoms with Gasteiger partial charge in [-0.25, -0.2) is 17.8 Å². The van der Waals surface area contributed by atoms with Crippen LogP contribution in [0.4, 0.5) is 4.39 Å². The van der Waals surface area contributed by atoms with Crippen molar-refractivity contribution >= 4 is 10.0 Å². The average molecular weight is 269 g/mol. The molecule has 2 heterocycles. The number of rotatable bonds is 2. The predicted octanol–water partition coefficient (Wildman–Crippen LogP) is 1.14. The van der Waals surface area contributed by atoms with Crippen molar-refractivity contribution in [1.29, 1.82) is 5.26 Å². The van der Waals surface area contributed by atoms with E-state index in [1.807, 2.05) is 0 Å². The van der Waals surface area contributed by atoms with Crippen LogP contribution < -0.4 is 0 Å². The van der Waals surface area contributed by atoms with E-state index in [0.717, 1.165) is 10.4 Å². The molecular weight excluding hydrogens is 257 g/mol. The molecule has 5 nitrogen and oxygen atoms in total. The van der Waals surface area contributed by atoms with Gasteiger partial charge in [-0.3, -0.25) is 0 Å². The Morgan fingerprint density at radius 3 is 3.00 bits per heavy atom. The summed E-state index contributed by atoms with van der Waals surface area (Å²) in [4.78, 5) is 3.59. The molecule has 1 fully saturated rings. The Kier molecular flexibility index (Phi) is 3.59. The minimum Gasteiger partial charge on any atom is -0.241 e. The highest BCUT2D eigenvalue weighted by molar-refractivity contribution is 7.89. The van der Waals surface area contributed by atoms with Gasteiger partial charge in [0.25, 0.3) is 10.0 Å². The topological polar surface area (TPSA) is 74.1 Å².